The van der Waals surface area contributed by atoms with Crippen molar-refractivity contribution < 1.29 is 14.2 Å². The molecule has 3 heterocycles. The van der Waals surface area contributed by atoms with Crippen LogP contribution in [0.25, 0.3) is 5.65 Å². The van der Waals surface area contributed by atoms with E-state index in [9.17, 15) is 9.50 Å². The Labute approximate surface area is 145 Å². The third-order valence-corrected chi connectivity index (χ3v) is 4.68. The first kappa shape index (κ1) is 15.9. The molecule has 2 aromatic heterocycles. The molecule has 1 aliphatic rings. The maximum absolute atomic E-state index is 14.4. The van der Waals surface area contributed by atoms with E-state index in [1.54, 1.807) is 24.4 Å². The molecule has 130 valence electrons. The van der Waals surface area contributed by atoms with E-state index in [1.807, 2.05) is 33.8 Å². The zero-order chi connectivity index (χ0) is 17.2. The number of aliphatic hydroxyl groups is 1. The van der Waals surface area contributed by atoms with Crippen LogP contribution < -0.4 is 9.64 Å². The molecular weight excluding hydrogens is 321 g/mol. The zero-order valence-corrected chi connectivity index (χ0v) is 13.8. The van der Waals surface area contributed by atoms with Gasteiger partial charge < -0.3 is 19.1 Å². The lowest BCUT2D eigenvalue weighted by Crippen LogP contribution is -2.38. The second kappa shape index (κ2) is 6.72. The third kappa shape index (κ3) is 3.17. The Morgan fingerprint density at radius 1 is 1.20 bits per heavy atom. The fourth-order valence-corrected chi connectivity index (χ4v) is 3.31. The average Bonchev–Trinajstić information content (AvgIpc) is 3.10. The molecule has 0 amide bonds. The van der Waals surface area contributed by atoms with Crippen LogP contribution in [-0.4, -0.2) is 33.7 Å². The first-order valence-electron chi connectivity index (χ1n) is 8.47. The lowest BCUT2D eigenvalue weighted by molar-refractivity contribution is 0.170. The molecule has 0 radical (unpaired) electrons. The monoisotopic (exact) mass is 341 g/mol. The Balaban J connectivity index is 1.41. The Bertz CT molecular complexity index is 872. The van der Waals surface area contributed by atoms with Gasteiger partial charge in [0.1, 0.15) is 17.5 Å². The van der Waals surface area contributed by atoms with Gasteiger partial charge in [-0.1, -0.05) is 12.1 Å². The molecule has 3 aromatic rings. The minimum absolute atomic E-state index is 0.112. The van der Waals surface area contributed by atoms with Crippen LogP contribution in [0.3, 0.4) is 0 Å². The molecule has 0 saturated carbocycles. The number of hydrogen-bond acceptors (Lipinski definition) is 4. The van der Waals surface area contributed by atoms with Crippen LogP contribution in [0.5, 0.6) is 5.75 Å². The summed E-state index contributed by atoms with van der Waals surface area (Å²) >= 11 is 0. The number of rotatable bonds is 4. The topological polar surface area (TPSA) is 50.0 Å². The molecule has 0 spiro atoms. The molecule has 5 nitrogen and oxygen atoms in total. The summed E-state index contributed by atoms with van der Waals surface area (Å²) in [4.78, 5) is 6.24. The number of hydrogen-bond donors (Lipinski definition) is 1. The number of piperidine rings is 1. The Morgan fingerprint density at radius 3 is 2.84 bits per heavy atom. The summed E-state index contributed by atoms with van der Waals surface area (Å²) in [5, 5.41) is 9.22. The summed E-state index contributed by atoms with van der Waals surface area (Å²) in [6.07, 6.45) is 7.34. The lowest BCUT2D eigenvalue weighted by atomic mass is 10.1. The molecule has 1 N–H and O–H groups in total. The number of fused-ring (bicyclic) bond motifs is 1. The van der Waals surface area contributed by atoms with Crippen LogP contribution in [0.1, 0.15) is 18.4 Å². The molecular formula is C19H20FN3O2. The minimum atomic E-state index is -0.324. The van der Waals surface area contributed by atoms with Crippen LogP contribution in [0.2, 0.25) is 0 Å². The van der Waals surface area contributed by atoms with E-state index in [1.165, 1.54) is 0 Å². The quantitative estimate of drug-likeness (QED) is 0.793. The largest absolute Gasteiger partial charge is 0.489 e. The van der Waals surface area contributed by atoms with Gasteiger partial charge in [-0.15, -0.1) is 0 Å². The second-order valence-corrected chi connectivity index (χ2v) is 6.27. The van der Waals surface area contributed by atoms with Gasteiger partial charge in [0.05, 0.1) is 18.5 Å². The maximum atomic E-state index is 14.4. The predicted molar refractivity (Wildman–Crippen MR) is 93.4 cm³/mol. The van der Waals surface area contributed by atoms with Crippen LogP contribution in [0, 0.1) is 5.82 Å². The minimum Gasteiger partial charge on any atom is -0.489 e. The van der Waals surface area contributed by atoms with E-state index < -0.39 is 0 Å². The first-order valence-corrected chi connectivity index (χ1v) is 8.47. The van der Waals surface area contributed by atoms with E-state index in [0.717, 1.165) is 37.3 Å². The van der Waals surface area contributed by atoms with Crippen molar-refractivity contribution in [1.82, 2.24) is 9.38 Å². The summed E-state index contributed by atoms with van der Waals surface area (Å²) in [5.74, 6) is 0.493. The molecule has 0 bridgehead atoms. The van der Waals surface area contributed by atoms with Crippen LogP contribution in [0.4, 0.5) is 10.1 Å². The molecule has 0 unspecified atom stereocenters. The highest BCUT2D eigenvalue weighted by molar-refractivity contribution is 5.50. The highest BCUT2D eigenvalue weighted by atomic mass is 19.1. The van der Waals surface area contributed by atoms with Crippen LogP contribution in [0.15, 0.2) is 48.9 Å². The van der Waals surface area contributed by atoms with Gasteiger partial charge in [-0.3, -0.25) is 0 Å². The molecule has 0 aliphatic carbocycles. The van der Waals surface area contributed by atoms with Gasteiger partial charge in [-0.25, -0.2) is 9.37 Å². The molecule has 4 rings (SSSR count). The maximum Gasteiger partial charge on any atom is 0.151 e. The number of anilines is 1. The average molecular weight is 341 g/mol. The highest BCUT2D eigenvalue weighted by Gasteiger charge is 2.23. The summed E-state index contributed by atoms with van der Waals surface area (Å²) in [6.45, 7) is 1.17. The van der Waals surface area contributed by atoms with Crippen molar-refractivity contribution in [2.24, 2.45) is 0 Å². The SMILES string of the molecule is OCc1cccc(N2CCC(Oc3ccc4nccn4c3)CC2)c1F. The van der Waals surface area contributed by atoms with Crippen molar-refractivity contribution >= 4 is 11.3 Å². The normalized spacial score (nSPS) is 15.7. The zero-order valence-electron chi connectivity index (χ0n) is 13.8. The summed E-state index contributed by atoms with van der Waals surface area (Å²) in [7, 11) is 0. The molecule has 1 aromatic carbocycles. The number of aliphatic hydroxyl groups excluding tert-OH is 1. The van der Waals surface area contributed by atoms with Gasteiger partial charge in [0, 0.05) is 43.9 Å². The molecule has 1 aliphatic heterocycles. The van der Waals surface area contributed by atoms with Crippen molar-refractivity contribution in [3.8, 4) is 5.75 Å². The molecule has 0 atom stereocenters. The smallest absolute Gasteiger partial charge is 0.151 e. The summed E-state index contributed by atoms with van der Waals surface area (Å²) in [6, 6.07) is 9.02. The summed E-state index contributed by atoms with van der Waals surface area (Å²) in [5.41, 5.74) is 1.79. The second-order valence-electron chi connectivity index (χ2n) is 6.27. The van der Waals surface area contributed by atoms with Gasteiger partial charge >= 0.3 is 0 Å². The predicted octanol–water partition coefficient (Wildman–Crippen LogP) is 3.01. The van der Waals surface area contributed by atoms with Crippen LogP contribution >= 0.6 is 0 Å². The molecule has 25 heavy (non-hydrogen) atoms. The Morgan fingerprint density at radius 2 is 2.04 bits per heavy atom. The van der Waals surface area contributed by atoms with E-state index in [2.05, 4.69) is 4.98 Å². The van der Waals surface area contributed by atoms with Crippen LogP contribution in [-0.2, 0) is 6.61 Å². The van der Waals surface area contributed by atoms with Crippen molar-refractivity contribution in [1.29, 1.82) is 0 Å². The van der Waals surface area contributed by atoms with Gasteiger partial charge in [0.25, 0.3) is 0 Å². The number of aromatic nitrogens is 2. The van der Waals surface area contributed by atoms with E-state index >= 15 is 0 Å². The fraction of sp³-hybridized carbons (Fsp3) is 0.316. The number of ether oxygens (including phenoxy) is 1. The van der Waals surface area contributed by atoms with E-state index in [-0.39, 0.29) is 18.5 Å². The summed E-state index contributed by atoms with van der Waals surface area (Å²) < 4.78 is 22.4. The number of benzene rings is 1. The molecule has 1 fully saturated rings. The lowest BCUT2D eigenvalue weighted by Gasteiger charge is -2.34. The van der Waals surface area contributed by atoms with E-state index in [0.29, 0.717) is 11.3 Å². The number of pyridine rings is 1. The number of nitrogens with zero attached hydrogens (tertiary/aromatic N) is 3. The highest BCUT2D eigenvalue weighted by Crippen LogP contribution is 2.27. The Kier molecular flexibility index (Phi) is 4.28. The molecule has 1 saturated heterocycles. The fourth-order valence-electron chi connectivity index (χ4n) is 3.31. The first-order chi connectivity index (χ1) is 12.2. The van der Waals surface area contributed by atoms with Crippen molar-refractivity contribution in [3.05, 3.63) is 60.3 Å². The standard InChI is InChI=1S/C19H20FN3O2/c20-19-14(13-24)2-1-3-17(19)22-9-6-15(7-10-22)25-16-4-5-18-21-8-11-23(18)12-16/h1-5,8,11-12,15,24H,6-7,9-10,13H2. The van der Waals surface area contributed by atoms with Gasteiger partial charge in [0.15, 0.2) is 5.82 Å². The van der Waals surface area contributed by atoms with Gasteiger partial charge in [0.2, 0.25) is 0 Å². The molecule has 6 heteroatoms. The Hall–Kier alpha value is -2.60. The van der Waals surface area contributed by atoms with Crippen molar-refractivity contribution in [2.75, 3.05) is 18.0 Å². The van der Waals surface area contributed by atoms with Crippen molar-refractivity contribution in [2.45, 2.75) is 25.6 Å². The third-order valence-electron chi connectivity index (χ3n) is 4.68. The van der Waals surface area contributed by atoms with Crippen molar-refractivity contribution in [3.63, 3.8) is 0 Å². The van der Waals surface area contributed by atoms with E-state index in [4.69, 9.17) is 4.74 Å². The number of imidazole rings is 1. The van der Waals surface area contributed by atoms with Gasteiger partial charge in [-0.2, -0.15) is 0 Å². The number of halogens is 1. The van der Waals surface area contributed by atoms with Gasteiger partial charge in [-0.05, 0) is 18.2 Å².